The molecule has 2 amide bonds. The molecule has 2 heterocycles. The van der Waals surface area contributed by atoms with E-state index in [1.165, 1.54) is 19.1 Å². The third kappa shape index (κ3) is 4.31. The van der Waals surface area contributed by atoms with Crippen molar-refractivity contribution in [3.63, 3.8) is 0 Å². The van der Waals surface area contributed by atoms with Gasteiger partial charge in [-0.25, -0.2) is 0 Å². The predicted molar refractivity (Wildman–Crippen MR) is 84.7 cm³/mol. The molecule has 1 aromatic heterocycles. The lowest BCUT2D eigenvalue weighted by Gasteiger charge is -2.32. The van der Waals surface area contributed by atoms with Crippen molar-refractivity contribution in [2.75, 3.05) is 38.0 Å². The summed E-state index contributed by atoms with van der Waals surface area (Å²) in [5.74, 6) is 0.373. The summed E-state index contributed by atoms with van der Waals surface area (Å²) in [5, 5.41) is 6.32. The van der Waals surface area contributed by atoms with Crippen molar-refractivity contribution >= 4 is 17.6 Å². The largest absolute Gasteiger partial charge is 0.363 e. The van der Waals surface area contributed by atoms with Crippen molar-refractivity contribution < 1.29 is 14.1 Å². The minimum Gasteiger partial charge on any atom is -0.363 e. The van der Waals surface area contributed by atoms with Gasteiger partial charge in [0.25, 0.3) is 0 Å². The maximum atomic E-state index is 12.6. The van der Waals surface area contributed by atoms with Crippen LogP contribution in [0.3, 0.4) is 0 Å². The van der Waals surface area contributed by atoms with Crippen molar-refractivity contribution in [2.24, 2.45) is 5.92 Å². The summed E-state index contributed by atoms with van der Waals surface area (Å²) < 4.78 is 4.70. The third-order valence-electron chi connectivity index (χ3n) is 4.69. The van der Waals surface area contributed by atoms with Gasteiger partial charge in [0.2, 0.25) is 11.8 Å². The molecule has 0 unspecified atom stereocenters. The highest BCUT2D eigenvalue weighted by atomic mass is 16.5. The molecule has 0 aromatic carbocycles. The molecule has 1 aromatic rings. The molecule has 1 aliphatic heterocycles. The quantitative estimate of drug-likeness (QED) is 0.820. The van der Waals surface area contributed by atoms with Crippen LogP contribution in [0.25, 0.3) is 0 Å². The molecule has 23 heavy (non-hydrogen) atoms. The van der Waals surface area contributed by atoms with Crippen molar-refractivity contribution in [3.8, 4) is 0 Å². The summed E-state index contributed by atoms with van der Waals surface area (Å²) >= 11 is 0. The van der Waals surface area contributed by atoms with Crippen LogP contribution in [0.5, 0.6) is 0 Å². The van der Waals surface area contributed by atoms with E-state index in [1.54, 1.807) is 11.0 Å². The van der Waals surface area contributed by atoms with E-state index in [2.05, 4.69) is 15.4 Å². The van der Waals surface area contributed by atoms with E-state index < -0.39 is 0 Å². The number of anilines is 1. The van der Waals surface area contributed by atoms with Crippen LogP contribution >= 0.6 is 0 Å². The first kappa shape index (κ1) is 16.0. The van der Waals surface area contributed by atoms with Gasteiger partial charge in [0.15, 0.2) is 5.82 Å². The first-order valence-corrected chi connectivity index (χ1v) is 8.44. The number of nitrogens with one attached hydrogen (secondary N) is 1. The SMILES string of the molecule is O=C(CN(CCN1CCCC1)C(=O)C1CCC1)Nc1ccon1. The highest BCUT2D eigenvalue weighted by molar-refractivity contribution is 5.94. The van der Waals surface area contributed by atoms with Crippen LogP contribution in [-0.4, -0.2) is 59.5 Å². The molecule has 1 saturated carbocycles. The second-order valence-electron chi connectivity index (χ2n) is 6.37. The van der Waals surface area contributed by atoms with E-state index in [0.717, 1.165) is 38.9 Å². The Morgan fingerprint density at radius 2 is 2.09 bits per heavy atom. The number of rotatable bonds is 7. The molecule has 0 bridgehead atoms. The van der Waals surface area contributed by atoms with Gasteiger partial charge in [-0.05, 0) is 38.8 Å². The van der Waals surface area contributed by atoms with Crippen LogP contribution in [0.1, 0.15) is 32.1 Å². The van der Waals surface area contributed by atoms with Gasteiger partial charge in [0.1, 0.15) is 6.26 Å². The van der Waals surface area contributed by atoms with Crippen LogP contribution in [0.4, 0.5) is 5.82 Å². The summed E-state index contributed by atoms with van der Waals surface area (Å²) in [5.41, 5.74) is 0. The minimum absolute atomic E-state index is 0.0794. The van der Waals surface area contributed by atoms with Crippen molar-refractivity contribution in [3.05, 3.63) is 12.3 Å². The Morgan fingerprint density at radius 1 is 1.30 bits per heavy atom. The fourth-order valence-electron chi connectivity index (χ4n) is 3.08. The molecule has 126 valence electrons. The lowest BCUT2D eigenvalue weighted by molar-refractivity contribution is -0.140. The van der Waals surface area contributed by atoms with E-state index in [9.17, 15) is 9.59 Å². The summed E-state index contributed by atoms with van der Waals surface area (Å²) in [7, 11) is 0. The number of likely N-dealkylation sites (tertiary alicyclic amines) is 1. The second kappa shape index (κ2) is 7.59. The molecule has 0 radical (unpaired) electrons. The number of carbonyl (C=O) groups is 2. The van der Waals surface area contributed by atoms with E-state index in [4.69, 9.17) is 4.52 Å². The number of hydrogen-bond donors (Lipinski definition) is 1. The first-order chi connectivity index (χ1) is 11.2. The molecule has 2 fully saturated rings. The van der Waals surface area contributed by atoms with Crippen LogP contribution in [0, 0.1) is 5.92 Å². The van der Waals surface area contributed by atoms with Crippen molar-refractivity contribution in [2.45, 2.75) is 32.1 Å². The molecule has 7 nitrogen and oxygen atoms in total. The number of nitrogens with zero attached hydrogens (tertiary/aromatic N) is 3. The molecular weight excluding hydrogens is 296 g/mol. The van der Waals surface area contributed by atoms with Gasteiger partial charge in [-0.3, -0.25) is 9.59 Å². The summed E-state index contributed by atoms with van der Waals surface area (Å²) in [6.45, 7) is 3.72. The average molecular weight is 320 g/mol. The van der Waals surface area contributed by atoms with Gasteiger partial charge in [0, 0.05) is 25.1 Å². The molecule has 0 atom stereocenters. The number of amides is 2. The normalized spacial score (nSPS) is 18.6. The Balaban J connectivity index is 1.54. The molecule has 0 spiro atoms. The number of hydrogen-bond acceptors (Lipinski definition) is 5. The Labute approximate surface area is 136 Å². The highest BCUT2D eigenvalue weighted by Gasteiger charge is 2.30. The lowest BCUT2D eigenvalue weighted by atomic mass is 9.84. The predicted octanol–water partition coefficient (Wildman–Crippen LogP) is 1.34. The Morgan fingerprint density at radius 3 is 2.70 bits per heavy atom. The third-order valence-corrected chi connectivity index (χ3v) is 4.69. The number of carbonyl (C=O) groups excluding carboxylic acids is 2. The van der Waals surface area contributed by atoms with Crippen LogP contribution in [0.2, 0.25) is 0 Å². The Bertz CT molecular complexity index is 521. The minimum atomic E-state index is -0.229. The fourth-order valence-corrected chi connectivity index (χ4v) is 3.08. The van der Waals surface area contributed by atoms with Crippen molar-refractivity contribution in [1.29, 1.82) is 0 Å². The Hall–Kier alpha value is -1.89. The summed E-state index contributed by atoms with van der Waals surface area (Å²) in [6, 6.07) is 1.58. The monoisotopic (exact) mass is 320 g/mol. The van der Waals surface area contributed by atoms with Crippen LogP contribution in [0.15, 0.2) is 16.9 Å². The lowest BCUT2D eigenvalue weighted by Crippen LogP contribution is -2.46. The summed E-state index contributed by atoms with van der Waals surface area (Å²) in [4.78, 5) is 28.8. The first-order valence-electron chi connectivity index (χ1n) is 8.44. The molecule has 1 saturated heterocycles. The molecular formula is C16H24N4O3. The van der Waals surface area contributed by atoms with Crippen LogP contribution in [-0.2, 0) is 9.59 Å². The molecule has 1 N–H and O–H groups in total. The van der Waals surface area contributed by atoms with Gasteiger partial charge < -0.3 is 19.6 Å². The highest BCUT2D eigenvalue weighted by Crippen LogP contribution is 2.28. The zero-order chi connectivity index (χ0) is 16.1. The van der Waals surface area contributed by atoms with Gasteiger partial charge in [-0.15, -0.1) is 0 Å². The van der Waals surface area contributed by atoms with E-state index in [0.29, 0.717) is 12.4 Å². The smallest absolute Gasteiger partial charge is 0.245 e. The van der Waals surface area contributed by atoms with Gasteiger partial charge in [-0.1, -0.05) is 11.6 Å². The second-order valence-corrected chi connectivity index (χ2v) is 6.37. The van der Waals surface area contributed by atoms with E-state index >= 15 is 0 Å². The van der Waals surface area contributed by atoms with E-state index in [1.807, 2.05) is 0 Å². The molecule has 7 heteroatoms. The average Bonchev–Trinajstić information content (AvgIpc) is 3.14. The molecule has 2 aliphatic rings. The van der Waals surface area contributed by atoms with Crippen LogP contribution < -0.4 is 5.32 Å². The summed E-state index contributed by atoms with van der Waals surface area (Å²) in [6.07, 6.45) is 6.86. The maximum absolute atomic E-state index is 12.6. The Kier molecular flexibility index (Phi) is 5.27. The fraction of sp³-hybridized carbons (Fsp3) is 0.688. The van der Waals surface area contributed by atoms with Gasteiger partial charge >= 0.3 is 0 Å². The number of aromatic nitrogens is 1. The zero-order valence-corrected chi connectivity index (χ0v) is 13.4. The molecule has 3 rings (SSSR count). The van der Waals surface area contributed by atoms with Gasteiger partial charge in [-0.2, -0.15) is 0 Å². The molecule has 1 aliphatic carbocycles. The van der Waals surface area contributed by atoms with Crippen molar-refractivity contribution in [1.82, 2.24) is 15.0 Å². The zero-order valence-electron chi connectivity index (χ0n) is 13.4. The topological polar surface area (TPSA) is 78.7 Å². The van der Waals surface area contributed by atoms with Gasteiger partial charge in [0.05, 0.1) is 6.54 Å². The standard InChI is InChI=1S/C16H24N4O3/c21-15(17-14-6-11-23-18-14)12-20(16(22)13-4-3-5-13)10-9-19-7-1-2-8-19/h6,11,13H,1-5,7-10,12H2,(H,17,18,21). The van der Waals surface area contributed by atoms with E-state index in [-0.39, 0.29) is 24.3 Å². The maximum Gasteiger partial charge on any atom is 0.245 e.